The van der Waals surface area contributed by atoms with Gasteiger partial charge in [-0.2, -0.15) is 0 Å². The number of fused-ring (bicyclic) bond motifs is 12. The molecule has 122 valence electrons. The number of benzene rings is 2. The predicted octanol–water partition coefficient (Wildman–Crippen LogP) is 7.64. The van der Waals surface area contributed by atoms with Crippen molar-refractivity contribution >= 4 is 108 Å². The third-order valence-corrected chi connectivity index (χ3v) is 8.98. The third kappa shape index (κ3) is 1.57. The molecule has 0 N–H and O–H groups in total. The molecule has 7 aromatic rings. The highest BCUT2D eigenvalue weighted by molar-refractivity contribution is 7.26. The summed E-state index contributed by atoms with van der Waals surface area (Å²) >= 11 is 7.19. The summed E-state index contributed by atoms with van der Waals surface area (Å²) in [6.45, 7) is 0. The standard InChI is InChI=1S/C20H8N2S4/c1-5-23-17-9(1)13-14(10-2-6-24-18(10)17)22-16-12-4-8-26-20(12)19-11(3-7-25-19)15(16)21-13/h1-8H. The monoisotopic (exact) mass is 404 g/mol. The van der Waals surface area contributed by atoms with Crippen LogP contribution in [0.2, 0.25) is 0 Å². The molecule has 0 aliphatic rings. The lowest BCUT2D eigenvalue weighted by atomic mass is 10.1. The molecule has 0 bridgehead atoms. The lowest BCUT2D eigenvalue weighted by Crippen LogP contribution is -1.90. The Bertz CT molecular complexity index is 1400. The van der Waals surface area contributed by atoms with Crippen LogP contribution in [0.3, 0.4) is 0 Å². The minimum atomic E-state index is 1.03. The minimum absolute atomic E-state index is 1.03. The van der Waals surface area contributed by atoms with E-state index in [1.165, 1.54) is 40.3 Å². The highest BCUT2D eigenvalue weighted by Gasteiger charge is 2.18. The van der Waals surface area contributed by atoms with Crippen LogP contribution in [0.15, 0.2) is 45.8 Å². The lowest BCUT2D eigenvalue weighted by Gasteiger charge is -2.07. The molecular weight excluding hydrogens is 397 g/mol. The van der Waals surface area contributed by atoms with Crippen LogP contribution in [0.25, 0.3) is 62.4 Å². The van der Waals surface area contributed by atoms with Crippen LogP contribution in [-0.4, -0.2) is 9.97 Å². The Morgan fingerprint density at radius 2 is 0.692 bits per heavy atom. The summed E-state index contributed by atoms with van der Waals surface area (Å²) in [5.41, 5.74) is 4.12. The fourth-order valence-electron chi connectivity index (χ4n) is 3.87. The second-order valence-corrected chi connectivity index (χ2v) is 9.94. The fourth-order valence-corrected chi connectivity index (χ4v) is 7.85. The molecule has 26 heavy (non-hydrogen) atoms. The molecule has 0 saturated carbocycles. The molecule has 0 radical (unpaired) electrons. The molecule has 0 amide bonds. The molecule has 5 aromatic heterocycles. The van der Waals surface area contributed by atoms with Gasteiger partial charge in [-0.15, -0.1) is 45.3 Å². The van der Waals surface area contributed by atoms with Gasteiger partial charge in [-0.1, -0.05) is 0 Å². The quantitative estimate of drug-likeness (QED) is 0.243. The maximum atomic E-state index is 5.20. The smallest absolute Gasteiger partial charge is 0.0988 e. The molecule has 0 saturated heterocycles. The topological polar surface area (TPSA) is 25.8 Å². The maximum Gasteiger partial charge on any atom is 0.0988 e. The van der Waals surface area contributed by atoms with Gasteiger partial charge in [-0.25, -0.2) is 9.97 Å². The Labute approximate surface area is 163 Å². The van der Waals surface area contributed by atoms with Gasteiger partial charge in [0.05, 0.1) is 40.9 Å². The van der Waals surface area contributed by atoms with E-state index in [0.29, 0.717) is 0 Å². The van der Waals surface area contributed by atoms with Crippen molar-refractivity contribution < 1.29 is 0 Å². The van der Waals surface area contributed by atoms with E-state index in [-0.39, 0.29) is 0 Å². The summed E-state index contributed by atoms with van der Waals surface area (Å²) < 4.78 is 5.31. The van der Waals surface area contributed by atoms with Crippen LogP contribution >= 0.6 is 45.3 Å². The van der Waals surface area contributed by atoms with Gasteiger partial charge in [0.15, 0.2) is 0 Å². The average molecular weight is 405 g/mol. The summed E-state index contributed by atoms with van der Waals surface area (Å²) in [6.07, 6.45) is 0. The molecule has 0 aliphatic heterocycles. The van der Waals surface area contributed by atoms with Gasteiger partial charge in [0.2, 0.25) is 0 Å². The summed E-state index contributed by atoms with van der Waals surface area (Å²) in [6, 6.07) is 8.76. The van der Waals surface area contributed by atoms with Crippen molar-refractivity contribution in [3.8, 4) is 0 Å². The number of aromatic nitrogens is 2. The summed E-state index contributed by atoms with van der Waals surface area (Å²) in [4.78, 5) is 10.4. The first-order chi connectivity index (χ1) is 12.9. The average Bonchev–Trinajstić information content (AvgIpc) is 3.46. The van der Waals surface area contributed by atoms with Crippen molar-refractivity contribution in [1.29, 1.82) is 0 Å². The van der Waals surface area contributed by atoms with E-state index in [4.69, 9.17) is 9.97 Å². The summed E-state index contributed by atoms with van der Waals surface area (Å²) in [5.74, 6) is 0. The third-order valence-electron chi connectivity index (χ3n) is 4.99. The van der Waals surface area contributed by atoms with Crippen molar-refractivity contribution in [3.63, 3.8) is 0 Å². The van der Waals surface area contributed by atoms with Crippen LogP contribution in [0.1, 0.15) is 0 Å². The zero-order valence-corrected chi connectivity index (χ0v) is 16.4. The van der Waals surface area contributed by atoms with E-state index in [0.717, 1.165) is 22.1 Å². The first-order valence-corrected chi connectivity index (χ1v) is 11.7. The highest BCUT2D eigenvalue weighted by Crippen LogP contribution is 2.43. The molecule has 2 aromatic carbocycles. The minimum Gasteiger partial charge on any atom is -0.243 e. The van der Waals surface area contributed by atoms with Crippen molar-refractivity contribution in [2.75, 3.05) is 0 Å². The molecule has 0 fully saturated rings. The summed E-state index contributed by atoms with van der Waals surface area (Å²) in [5, 5.41) is 13.6. The van der Waals surface area contributed by atoms with Crippen molar-refractivity contribution in [2.24, 2.45) is 0 Å². The van der Waals surface area contributed by atoms with E-state index in [1.54, 1.807) is 45.3 Å². The first-order valence-electron chi connectivity index (χ1n) is 8.14. The molecule has 0 atom stereocenters. The Morgan fingerprint density at radius 1 is 0.423 bits per heavy atom. The number of nitrogens with zero attached hydrogens (tertiary/aromatic N) is 2. The van der Waals surface area contributed by atoms with Gasteiger partial charge in [0.1, 0.15) is 0 Å². The highest BCUT2D eigenvalue weighted by atomic mass is 32.1. The molecule has 5 heterocycles. The second kappa shape index (κ2) is 4.78. The van der Waals surface area contributed by atoms with Gasteiger partial charge in [-0.3, -0.25) is 0 Å². The normalized spacial score (nSPS) is 12.6. The molecule has 2 nitrogen and oxygen atoms in total. The molecule has 0 spiro atoms. The van der Waals surface area contributed by atoms with Gasteiger partial charge in [0, 0.05) is 21.5 Å². The van der Waals surface area contributed by atoms with Gasteiger partial charge in [-0.05, 0) is 45.8 Å². The van der Waals surface area contributed by atoms with E-state index < -0.39 is 0 Å². The molecule has 0 aliphatic carbocycles. The molecule has 7 rings (SSSR count). The van der Waals surface area contributed by atoms with Crippen LogP contribution < -0.4 is 0 Å². The van der Waals surface area contributed by atoms with E-state index >= 15 is 0 Å². The Kier molecular flexibility index (Phi) is 2.57. The Balaban J connectivity index is 1.88. The lowest BCUT2D eigenvalue weighted by molar-refractivity contribution is 1.45. The molecule has 6 heteroatoms. The van der Waals surface area contributed by atoms with Crippen molar-refractivity contribution in [2.45, 2.75) is 0 Å². The largest absolute Gasteiger partial charge is 0.243 e. The van der Waals surface area contributed by atoms with Crippen LogP contribution in [0.5, 0.6) is 0 Å². The Morgan fingerprint density at radius 3 is 0.962 bits per heavy atom. The zero-order valence-electron chi connectivity index (χ0n) is 13.1. The number of thiophene rings is 4. The van der Waals surface area contributed by atoms with E-state index in [9.17, 15) is 0 Å². The van der Waals surface area contributed by atoms with Crippen molar-refractivity contribution in [3.05, 3.63) is 45.8 Å². The molecule has 0 unspecified atom stereocenters. The second-order valence-electron chi connectivity index (χ2n) is 6.27. The first kappa shape index (κ1) is 14.0. The van der Waals surface area contributed by atoms with Crippen molar-refractivity contribution in [1.82, 2.24) is 9.97 Å². The number of rotatable bonds is 0. The van der Waals surface area contributed by atoms with Crippen LogP contribution in [0.4, 0.5) is 0 Å². The predicted molar refractivity (Wildman–Crippen MR) is 119 cm³/mol. The Hall–Kier alpha value is -2.12. The van der Waals surface area contributed by atoms with Crippen LogP contribution in [0, 0.1) is 0 Å². The fraction of sp³-hybridized carbons (Fsp3) is 0. The van der Waals surface area contributed by atoms with Gasteiger partial charge < -0.3 is 0 Å². The molecular formula is C20H8N2S4. The number of hydrogen-bond donors (Lipinski definition) is 0. The van der Waals surface area contributed by atoms with E-state index in [1.807, 2.05) is 0 Å². The van der Waals surface area contributed by atoms with Crippen LogP contribution in [-0.2, 0) is 0 Å². The summed E-state index contributed by atoms with van der Waals surface area (Å²) in [7, 11) is 0. The SMILES string of the molecule is c1cc2c3nc4c5ccsc5c5sccc5c4nc3c3ccsc3c2s1. The number of hydrogen-bond acceptors (Lipinski definition) is 6. The maximum absolute atomic E-state index is 5.20. The zero-order chi connectivity index (χ0) is 16.8. The van der Waals surface area contributed by atoms with Gasteiger partial charge in [0.25, 0.3) is 0 Å². The van der Waals surface area contributed by atoms with E-state index in [2.05, 4.69) is 45.8 Å². The van der Waals surface area contributed by atoms with Gasteiger partial charge >= 0.3 is 0 Å².